The van der Waals surface area contributed by atoms with Crippen LogP contribution in [0.15, 0.2) is 60.7 Å². The van der Waals surface area contributed by atoms with Gasteiger partial charge in [0.2, 0.25) is 5.91 Å². The molecule has 32 heavy (non-hydrogen) atoms. The predicted octanol–water partition coefficient (Wildman–Crippen LogP) is 4.03. The Balaban J connectivity index is 1.39. The molecule has 3 fully saturated rings. The molecule has 0 aromatic heterocycles. The lowest BCUT2D eigenvalue weighted by molar-refractivity contribution is -0.228. The quantitative estimate of drug-likeness (QED) is 0.683. The second-order valence-electron chi connectivity index (χ2n) is 9.30. The molecule has 6 heteroatoms. The van der Waals surface area contributed by atoms with Gasteiger partial charge in [-0.15, -0.1) is 0 Å². The average molecular weight is 438 g/mol. The molecule has 3 aliphatic rings. The van der Waals surface area contributed by atoms with Crippen LogP contribution in [0, 0.1) is 0 Å². The van der Waals surface area contributed by atoms with Crippen LogP contribution in [0.5, 0.6) is 0 Å². The van der Waals surface area contributed by atoms with Crippen LogP contribution in [-0.2, 0) is 36.9 Å². The first kappa shape index (κ1) is 21.6. The third kappa shape index (κ3) is 4.46. The zero-order valence-electron chi connectivity index (χ0n) is 18.7. The number of hydrogen-bond donors (Lipinski definition) is 0. The summed E-state index contributed by atoms with van der Waals surface area (Å²) in [6.45, 7) is 4.81. The average Bonchev–Trinajstić information content (AvgIpc) is 3.26. The lowest BCUT2D eigenvalue weighted by Gasteiger charge is -2.41. The van der Waals surface area contributed by atoms with Gasteiger partial charge < -0.3 is 23.8 Å². The number of nitrogens with zero attached hydrogens (tertiary/aromatic N) is 1. The van der Waals surface area contributed by atoms with Crippen molar-refractivity contribution in [2.45, 2.75) is 82.7 Å². The minimum absolute atomic E-state index is 0.0851. The normalized spacial score (nSPS) is 31.6. The highest BCUT2D eigenvalue weighted by atomic mass is 16.8. The van der Waals surface area contributed by atoms with Gasteiger partial charge in [0.25, 0.3) is 0 Å². The van der Waals surface area contributed by atoms with Gasteiger partial charge in [-0.05, 0) is 37.8 Å². The molecule has 0 saturated carbocycles. The fraction of sp³-hybridized carbons (Fsp3) is 0.500. The van der Waals surface area contributed by atoms with Crippen molar-refractivity contribution in [3.8, 4) is 0 Å². The number of benzene rings is 2. The van der Waals surface area contributed by atoms with Gasteiger partial charge in [-0.25, -0.2) is 0 Å². The summed E-state index contributed by atoms with van der Waals surface area (Å²) >= 11 is 0. The maximum Gasteiger partial charge on any atom is 0.223 e. The van der Waals surface area contributed by atoms with Gasteiger partial charge in [0.05, 0.1) is 12.6 Å². The van der Waals surface area contributed by atoms with Gasteiger partial charge in [-0.1, -0.05) is 60.7 Å². The molecule has 2 aromatic rings. The standard InChI is InChI=1S/C26H31NO5/c1-26(2)31-24-23(29-17-19-12-7-4-8-13-19)22(30-25(24)32-26)20-14-9-15-21(28)27(20)16-18-10-5-3-6-11-18/h3-8,10-13,20,22-25H,9,14-17H2,1-2H3/t20-,22+,23-,24+,25+/m0/s1. The van der Waals surface area contributed by atoms with Gasteiger partial charge in [-0.3, -0.25) is 4.79 Å². The Bertz CT molecular complexity index is 918. The van der Waals surface area contributed by atoms with E-state index in [1.165, 1.54) is 0 Å². The van der Waals surface area contributed by atoms with E-state index in [-0.39, 0.29) is 30.3 Å². The first-order valence-corrected chi connectivity index (χ1v) is 11.5. The summed E-state index contributed by atoms with van der Waals surface area (Å²) in [5.41, 5.74) is 2.20. The smallest absolute Gasteiger partial charge is 0.223 e. The lowest BCUT2D eigenvalue weighted by atomic mass is 9.92. The highest BCUT2D eigenvalue weighted by Crippen LogP contribution is 2.42. The molecule has 3 saturated heterocycles. The summed E-state index contributed by atoms with van der Waals surface area (Å²) in [4.78, 5) is 14.9. The third-order valence-corrected chi connectivity index (χ3v) is 6.50. The van der Waals surface area contributed by atoms with E-state index in [1.807, 2.05) is 67.3 Å². The van der Waals surface area contributed by atoms with Crippen molar-refractivity contribution in [2.24, 2.45) is 0 Å². The van der Waals surface area contributed by atoms with Gasteiger partial charge in [0, 0.05) is 13.0 Å². The molecule has 1 amide bonds. The molecule has 0 radical (unpaired) electrons. The summed E-state index contributed by atoms with van der Waals surface area (Å²) in [6.07, 6.45) is 0.841. The van der Waals surface area contributed by atoms with Gasteiger partial charge in [-0.2, -0.15) is 0 Å². The molecule has 0 spiro atoms. The number of carbonyl (C=O) groups excluding carboxylic acids is 1. The Morgan fingerprint density at radius 1 is 0.969 bits per heavy atom. The maximum absolute atomic E-state index is 13.0. The van der Waals surface area contributed by atoms with Gasteiger partial charge in [0.1, 0.15) is 18.3 Å². The van der Waals surface area contributed by atoms with E-state index in [0.29, 0.717) is 19.6 Å². The number of fused-ring (bicyclic) bond motifs is 1. The molecule has 3 aliphatic heterocycles. The predicted molar refractivity (Wildman–Crippen MR) is 118 cm³/mol. The Morgan fingerprint density at radius 3 is 2.38 bits per heavy atom. The first-order valence-electron chi connectivity index (χ1n) is 11.5. The monoisotopic (exact) mass is 437 g/mol. The minimum atomic E-state index is -0.721. The highest BCUT2D eigenvalue weighted by molar-refractivity contribution is 5.77. The molecule has 6 nitrogen and oxygen atoms in total. The van der Waals surface area contributed by atoms with E-state index in [0.717, 1.165) is 24.0 Å². The SMILES string of the molecule is CC1(C)O[C@H]2O[C@H]([C@@H]3CCCC(=O)N3Cc3ccccc3)[C@H](OCc3ccccc3)[C@H]2O1. The molecule has 0 N–H and O–H groups in total. The van der Waals surface area contributed by atoms with Crippen molar-refractivity contribution >= 4 is 5.91 Å². The topological polar surface area (TPSA) is 57.2 Å². The van der Waals surface area contributed by atoms with Crippen LogP contribution < -0.4 is 0 Å². The Morgan fingerprint density at radius 2 is 1.66 bits per heavy atom. The van der Waals surface area contributed by atoms with E-state index in [2.05, 4.69) is 12.1 Å². The van der Waals surface area contributed by atoms with Crippen LogP contribution in [0.3, 0.4) is 0 Å². The number of rotatable bonds is 6. The van der Waals surface area contributed by atoms with Crippen molar-refractivity contribution < 1.29 is 23.7 Å². The summed E-state index contributed by atoms with van der Waals surface area (Å²) in [7, 11) is 0. The zero-order chi connectivity index (χ0) is 22.1. The van der Waals surface area contributed by atoms with Crippen LogP contribution >= 0.6 is 0 Å². The van der Waals surface area contributed by atoms with E-state index in [9.17, 15) is 4.79 Å². The first-order chi connectivity index (χ1) is 15.5. The third-order valence-electron chi connectivity index (χ3n) is 6.50. The number of hydrogen-bond acceptors (Lipinski definition) is 5. The summed E-state index contributed by atoms with van der Waals surface area (Å²) in [6, 6.07) is 20.1. The number of likely N-dealkylation sites (tertiary alicyclic amines) is 1. The van der Waals surface area contributed by atoms with Crippen LogP contribution in [-0.4, -0.2) is 47.2 Å². The summed E-state index contributed by atoms with van der Waals surface area (Å²) < 4.78 is 25.1. The summed E-state index contributed by atoms with van der Waals surface area (Å²) in [5, 5.41) is 0. The van der Waals surface area contributed by atoms with E-state index < -0.39 is 12.1 Å². The molecule has 0 unspecified atom stereocenters. The second kappa shape index (κ2) is 8.94. The lowest BCUT2D eigenvalue weighted by Crippen LogP contribution is -2.54. The second-order valence-corrected chi connectivity index (χ2v) is 9.30. The van der Waals surface area contributed by atoms with E-state index in [4.69, 9.17) is 18.9 Å². The fourth-order valence-corrected chi connectivity index (χ4v) is 5.04. The van der Waals surface area contributed by atoms with Crippen molar-refractivity contribution in [2.75, 3.05) is 0 Å². The number of carbonyl (C=O) groups is 1. The van der Waals surface area contributed by atoms with Crippen LogP contribution in [0.1, 0.15) is 44.2 Å². The maximum atomic E-state index is 13.0. The molecule has 2 aromatic carbocycles. The van der Waals surface area contributed by atoms with Crippen molar-refractivity contribution in [3.63, 3.8) is 0 Å². The Labute approximate surface area is 189 Å². The molecule has 3 heterocycles. The molecule has 0 aliphatic carbocycles. The Kier molecular flexibility index (Phi) is 6.03. The van der Waals surface area contributed by atoms with Gasteiger partial charge in [0.15, 0.2) is 12.1 Å². The molecular weight excluding hydrogens is 406 g/mol. The van der Waals surface area contributed by atoms with Crippen LogP contribution in [0.25, 0.3) is 0 Å². The molecule has 0 bridgehead atoms. The summed E-state index contributed by atoms with van der Waals surface area (Å²) in [5.74, 6) is -0.560. The largest absolute Gasteiger partial charge is 0.368 e. The molecule has 5 rings (SSSR count). The number of ether oxygens (including phenoxy) is 4. The molecular formula is C26H31NO5. The van der Waals surface area contributed by atoms with E-state index in [1.54, 1.807) is 0 Å². The molecule has 170 valence electrons. The van der Waals surface area contributed by atoms with Crippen LogP contribution in [0.2, 0.25) is 0 Å². The molecule has 5 atom stereocenters. The number of piperidine rings is 1. The fourth-order valence-electron chi connectivity index (χ4n) is 5.04. The zero-order valence-corrected chi connectivity index (χ0v) is 18.7. The highest BCUT2D eigenvalue weighted by Gasteiger charge is 2.58. The Hall–Kier alpha value is -2.25. The van der Waals surface area contributed by atoms with Crippen molar-refractivity contribution in [1.82, 2.24) is 4.90 Å². The minimum Gasteiger partial charge on any atom is -0.368 e. The van der Waals surface area contributed by atoms with Crippen molar-refractivity contribution in [3.05, 3.63) is 71.8 Å². The number of amides is 1. The van der Waals surface area contributed by atoms with Gasteiger partial charge >= 0.3 is 0 Å². The van der Waals surface area contributed by atoms with Crippen molar-refractivity contribution in [1.29, 1.82) is 0 Å². The van der Waals surface area contributed by atoms with Crippen LogP contribution in [0.4, 0.5) is 0 Å². The van der Waals surface area contributed by atoms with E-state index >= 15 is 0 Å².